The molecule has 0 bridgehead atoms. The standard InChI is InChI=1S/C16H16ClF2N3O2/c1-2-24-16(23)11-8-20-22-13(14(18)19)7-12(21-15(11)22)9-3-5-10(17)6-4-9/h3-6,8,12-14,21H,2,7H2,1H3/t12-,13-/m1/s1. The number of carbonyl (C=O) groups is 1. The molecule has 1 aromatic carbocycles. The first kappa shape index (κ1) is 16.7. The minimum absolute atomic E-state index is 0.149. The average Bonchev–Trinajstić information content (AvgIpc) is 2.98. The van der Waals surface area contributed by atoms with Crippen molar-refractivity contribution in [3.05, 3.63) is 46.6 Å². The van der Waals surface area contributed by atoms with E-state index in [4.69, 9.17) is 16.3 Å². The van der Waals surface area contributed by atoms with Gasteiger partial charge >= 0.3 is 5.97 Å². The maximum atomic E-state index is 13.5. The summed E-state index contributed by atoms with van der Waals surface area (Å²) in [5.41, 5.74) is 0.966. The summed E-state index contributed by atoms with van der Waals surface area (Å²) in [5.74, 6) is -0.332. The average molecular weight is 356 g/mol. The normalized spacial score (nSPS) is 19.7. The van der Waals surface area contributed by atoms with Crippen LogP contribution in [0.15, 0.2) is 30.5 Å². The van der Waals surface area contributed by atoms with Gasteiger partial charge in [0.2, 0.25) is 0 Å². The summed E-state index contributed by atoms with van der Waals surface area (Å²) < 4.78 is 33.1. The summed E-state index contributed by atoms with van der Waals surface area (Å²) in [6, 6.07) is 5.46. The van der Waals surface area contributed by atoms with Gasteiger partial charge in [-0.25, -0.2) is 18.3 Å². The van der Waals surface area contributed by atoms with Gasteiger partial charge in [0.15, 0.2) is 0 Å². The van der Waals surface area contributed by atoms with Crippen molar-refractivity contribution in [2.24, 2.45) is 0 Å². The molecule has 0 saturated heterocycles. The second kappa shape index (κ2) is 6.76. The number of rotatable bonds is 4. The summed E-state index contributed by atoms with van der Waals surface area (Å²) in [4.78, 5) is 12.0. The molecule has 8 heteroatoms. The number of nitrogens with one attached hydrogen (secondary N) is 1. The molecule has 0 spiro atoms. The second-order valence-corrected chi connectivity index (χ2v) is 5.89. The van der Waals surface area contributed by atoms with Crippen molar-refractivity contribution in [3.8, 4) is 0 Å². The molecule has 2 aromatic rings. The lowest BCUT2D eigenvalue weighted by Crippen LogP contribution is -2.31. The first-order valence-corrected chi connectivity index (χ1v) is 7.93. The van der Waals surface area contributed by atoms with Crippen molar-refractivity contribution in [1.29, 1.82) is 0 Å². The van der Waals surface area contributed by atoms with E-state index in [2.05, 4.69) is 10.4 Å². The quantitative estimate of drug-likeness (QED) is 0.840. The lowest BCUT2D eigenvalue weighted by atomic mass is 9.97. The fraction of sp³-hybridized carbons (Fsp3) is 0.375. The van der Waals surface area contributed by atoms with Gasteiger partial charge in [-0.1, -0.05) is 23.7 Å². The summed E-state index contributed by atoms with van der Waals surface area (Å²) in [6.45, 7) is 1.88. The third kappa shape index (κ3) is 3.08. The van der Waals surface area contributed by atoms with Crippen LogP contribution in [0.5, 0.6) is 0 Å². The van der Waals surface area contributed by atoms with Crippen LogP contribution in [0.25, 0.3) is 0 Å². The molecule has 3 rings (SSSR count). The van der Waals surface area contributed by atoms with Crippen LogP contribution in [-0.2, 0) is 4.74 Å². The van der Waals surface area contributed by atoms with E-state index in [0.29, 0.717) is 5.02 Å². The van der Waals surface area contributed by atoms with Gasteiger partial charge < -0.3 is 10.1 Å². The number of halogens is 3. The molecule has 1 aromatic heterocycles. The molecule has 0 radical (unpaired) electrons. The van der Waals surface area contributed by atoms with Gasteiger partial charge in [0.1, 0.15) is 17.4 Å². The number of anilines is 1. The Morgan fingerprint density at radius 2 is 2.17 bits per heavy atom. The molecule has 1 aliphatic rings. The molecular formula is C16H16ClF2N3O2. The van der Waals surface area contributed by atoms with Crippen LogP contribution in [-0.4, -0.2) is 28.8 Å². The summed E-state index contributed by atoms with van der Waals surface area (Å²) >= 11 is 5.88. The number of fused-ring (bicyclic) bond motifs is 1. The number of hydrogen-bond acceptors (Lipinski definition) is 4. The van der Waals surface area contributed by atoms with E-state index in [1.165, 1.54) is 10.9 Å². The summed E-state index contributed by atoms with van der Waals surface area (Å²) in [6.07, 6.45) is -1.19. The Bertz CT molecular complexity index is 733. The van der Waals surface area contributed by atoms with E-state index < -0.39 is 18.4 Å². The Morgan fingerprint density at radius 3 is 2.79 bits per heavy atom. The van der Waals surface area contributed by atoms with E-state index in [1.54, 1.807) is 31.2 Å². The van der Waals surface area contributed by atoms with Crippen molar-refractivity contribution < 1.29 is 18.3 Å². The molecular weight excluding hydrogens is 340 g/mol. The number of alkyl halides is 2. The predicted octanol–water partition coefficient (Wildman–Crippen LogP) is 4.08. The van der Waals surface area contributed by atoms with Gasteiger partial charge in [-0.2, -0.15) is 5.10 Å². The van der Waals surface area contributed by atoms with Crippen molar-refractivity contribution in [2.45, 2.75) is 31.9 Å². The monoisotopic (exact) mass is 355 g/mol. The van der Waals surface area contributed by atoms with Crippen molar-refractivity contribution in [1.82, 2.24) is 9.78 Å². The summed E-state index contributed by atoms with van der Waals surface area (Å²) in [5, 5.41) is 7.65. The first-order valence-electron chi connectivity index (χ1n) is 7.56. The lowest BCUT2D eigenvalue weighted by Gasteiger charge is -2.32. The molecule has 128 valence electrons. The zero-order valence-corrected chi connectivity index (χ0v) is 13.6. The van der Waals surface area contributed by atoms with E-state index in [1.807, 2.05) is 0 Å². The highest BCUT2D eigenvalue weighted by Gasteiger charge is 2.36. The molecule has 0 amide bonds. The van der Waals surface area contributed by atoms with Crippen LogP contribution in [0.2, 0.25) is 5.02 Å². The number of benzene rings is 1. The minimum Gasteiger partial charge on any atom is -0.462 e. The third-order valence-electron chi connectivity index (χ3n) is 3.96. The second-order valence-electron chi connectivity index (χ2n) is 5.46. The molecule has 1 aliphatic heterocycles. The Balaban J connectivity index is 1.98. The van der Waals surface area contributed by atoms with Crippen LogP contribution in [0.1, 0.15) is 41.3 Å². The fourth-order valence-corrected chi connectivity index (χ4v) is 2.93. The third-order valence-corrected chi connectivity index (χ3v) is 4.21. The zero-order chi connectivity index (χ0) is 17.3. The Hall–Kier alpha value is -2.15. The van der Waals surface area contributed by atoms with Crippen LogP contribution in [0, 0.1) is 0 Å². The number of esters is 1. The highest BCUT2D eigenvalue weighted by Crippen LogP contribution is 2.39. The molecule has 2 heterocycles. The van der Waals surface area contributed by atoms with Crippen LogP contribution < -0.4 is 5.32 Å². The van der Waals surface area contributed by atoms with E-state index >= 15 is 0 Å². The van der Waals surface area contributed by atoms with Crippen molar-refractivity contribution in [3.63, 3.8) is 0 Å². The Labute approximate surface area is 142 Å². The topological polar surface area (TPSA) is 56.1 Å². The van der Waals surface area contributed by atoms with Crippen molar-refractivity contribution in [2.75, 3.05) is 11.9 Å². The number of hydrogen-bond donors (Lipinski definition) is 1. The Morgan fingerprint density at radius 1 is 1.46 bits per heavy atom. The van der Waals surface area contributed by atoms with Gasteiger partial charge in [0, 0.05) is 5.02 Å². The van der Waals surface area contributed by atoms with E-state index in [0.717, 1.165) is 5.56 Å². The Kier molecular flexibility index (Phi) is 4.71. The van der Waals surface area contributed by atoms with Gasteiger partial charge in [-0.3, -0.25) is 0 Å². The van der Waals surface area contributed by atoms with E-state index in [-0.39, 0.29) is 30.5 Å². The zero-order valence-electron chi connectivity index (χ0n) is 12.9. The summed E-state index contributed by atoms with van der Waals surface area (Å²) in [7, 11) is 0. The highest BCUT2D eigenvalue weighted by molar-refractivity contribution is 6.30. The molecule has 24 heavy (non-hydrogen) atoms. The predicted molar refractivity (Wildman–Crippen MR) is 85.7 cm³/mol. The molecule has 1 N–H and O–H groups in total. The maximum Gasteiger partial charge on any atom is 0.343 e. The molecule has 0 unspecified atom stereocenters. The smallest absolute Gasteiger partial charge is 0.343 e. The lowest BCUT2D eigenvalue weighted by molar-refractivity contribution is 0.0521. The number of nitrogens with zero attached hydrogens (tertiary/aromatic N) is 2. The minimum atomic E-state index is -2.60. The molecule has 0 aliphatic carbocycles. The molecule has 2 atom stereocenters. The molecule has 0 saturated carbocycles. The van der Waals surface area contributed by atoms with Gasteiger partial charge in [-0.05, 0) is 31.0 Å². The maximum absolute atomic E-state index is 13.5. The largest absolute Gasteiger partial charge is 0.462 e. The van der Waals surface area contributed by atoms with Gasteiger partial charge in [0.05, 0.1) is 18.8 Å². The fourth-order valence-electron chi connectivity index (χ4n) is 2.81. The van der Waals surface area contributed by atoms with E-state index in [9.17, 15) is 13.6 Å². The van der Waals surface area contributed by atoms with Crippen LogP contribution >= 0.6 is 11.6 Å². The molecule has 0 fully saturated rings. The van der Waals surface area contributed by atoms with Crippen molar-refractivity contribution >= 4 is 23.4 Å². The van der Waals surface area contributed by atoms with Gasteiger partial charge in [0.25, 0.3) is 6.43 Å². The van der Waals surface area contributed by atoms with Crippen LogP contribution in [0.4, 0.5) is 14.6 Å². The van der Waals surface area contributed by atoms with Crippen LogP contribution in [0.3, 0.4) is 0 Å². The molecule has 5 nitrogen and oxygen atoms in total. The number of aromatic nitrogens is 2. The van der Waals surface area contributed by atoms with Gasteiger partial charge in [-0.15, -0.1) is 0 Å². The number of carbonyl (C=O) groups excluding carboxylic acids is 1. The highest BCUT2D eigenvalue weighted by atomic mass is 35.5. The number of ether oxygens (including phenoxy) is 1. The first-order chi connectivity index (χ1) is 11.5. The SMILES string of the molecule is CCOC(=O)c1cnn2c1N[C@@H](c1ccc(Cl)cc1)C[C@@H]2C(F)F.